The van der Waals surface area contributed by atoms with Gasteiger partial charge in [-0.05, 0) is 68.5 Å². The van der Waals surface area contributed by atoms with Gasteiger partial charge in [0.1, 0.15) is 11.4 Å². The maximum absolute atomic E-state index is 12.6. The number of carboxylic acid groups (broad SMARTS) is 1. The van der Waals surface area contributed by atoms with Crippen LogP contribution in [-0.2, 0) is 11.8 Å². The van der Waals surface area contributed by atoms with Crippen LogP contribution < -0.4 is 15.4 Å². The quantitative estimate of drug-likeness (QED) is 0.429. The van der Waals surface area contributed by atoms with E-state index in [0.717, 1.165) is 16.5 Å². The lowest BCUT2D eigenvalue weighted by atomic mass is 9.87. The van der Waals surface area contributed by atoms with Crippen molar-refractivity contribution in [2.45, 2.75) is 38.7 Å². The van der Waals surface area contributed by atoms with E-state index in [4.69, 9.17) is 9.84 Å². The van der Waals surface area contributed by atoms with Crippen LogP contribution in [0, 0.1) is 12.8 Å². The van der Waals surface area contributed by atoms with E-state index in [-0.39, 0.29) is 23.8 Å². The molecule has 0 radical (unpaired) electrons. The molecule has 0 atom stereocenters. The van der Waals surface area contributed by atoms with Gasteiger partial charge < -0.3 is 25.0 Å². The number of amides is 2. The predicted octanol–water partition coefficient (Wildman–Crippen LogP) is 3.67. The highest BCUT2D eigenvalue weighted by atomic mass is 16.5. The van der Waals surface area contributed by atoms with Crippen molar-refractivity contribution in [1.29, 1.82) is 0 Å². The molecular formula is C27H31N3O5. The summed E-state index contributed by atoms with van der Waals surface area (Å²) in [6, 6.07) is 15.0. The number of ether oxygens (including phenoxy) is 1. The average Bonchev–Trinajstić information content (AvgIpc) is 3.18. The Kier molecular flexibility index (Phi) is 7.39. The van der Waals surface area contributed by atoms with Gasteiger partial charge in [0.2, 0.25) is 0 Å². The summed E-state index contributed by atoms with van der Waals surface area (Å²) in [5.74, 6) is -0.731. The van der Waals surface area contributed by atoms with Crippen molar-refractivity contribution in [3.8, 4) is 5.75 Å². The first kappa shape index (κ1) is 24.3. The fraction of sp³-hybridized carbons (Fsp3) is 0.370. The summed E-state index contributed by atoms with van der Waals surface area (Å²) < 4.78 is 7.88. The highest BCUT2D eigenvalue weighted by Crippen LogP contribution is 2.28. The molecule has 0 aliphatic heterocycles. The van der Waals surface area contributed by atoms with E-state index >= 15 is 0 Å². The van der Waals surface area contributed by atoms with Crippen LogP contribution >= 0.6 is 0 Å². The van der Waals surface area contributed by atoms with E-state index in [1.54, 1.807) is 12.1 Å². The third-order valence-corrected chi connectivity index (χ3v) is 6.65. The van der Waals surface area contributed by atoms with E-state index in [9.17, 15) is 14.4 Å². The van der Waals surface area contributed by atoms with Gasteiger partial charge >= 0.3 is 5.97 Å². The van der Waals surface area contributed by atoms with Gasteiger partial charge in [-0.3, -0.25) is 14.4 Å². The topological polar surface area (TPSA) is 110 Å². The number of carbonyl (C=O) groups excluding carboxylic acids is 2. The Balaban J connectivity index is 1.25. The van der Waals surface area contributed by atoms with Crippen molar-refractivity contribution >= 4 is 28.7 Å². The normalized spacial score (nSPS) is 17.7. The summed E-state index contributed by atoms with van der Waals surface area (Å²) in [6.45, 7) is 2.47. The first-order valence-corrected chi connectivity index (χ1v) is 11.9. The highest BCUT2D eigenvalue weighted by molar-refractivity contribution is 5.99. The van der Waals surface area contributed by atoms with Crippen molar-refractivity contribution in [1.82, 2.24) is 15.2 Å². The Morgan fingerprint density at radius 1 is 0.971 bits per heavy atom. The molecule has 8 nitrogen and oxygen atoms in total. The number of carbonyl (C=O) groups is 3. The number of aliphatic carboxylic acids is 1. The second-order valence-electron chi connectivity index (χ2n) is 9.07. The van der Waals surface area contributed by atoms with Crippen LogP contribution in [0.3, 0.4) is 0 Å². The van der Waals surface area contributed by atoms with Crippen molar-refractivity contribution in [2.75, 3.05) is 13.1 Å². The minimum atomic E-state index is -0.734. The molecule has 35 heavy (non-hydrogen) atoms. The third kappa shape index (κ3) is 5.65. The first-order valence-electron chi connectivity index (χ1n) is 11.9. The van der Waals surface area contributed by atoms with Crippen LogP contribution in [0.1, 0.15) is 52.1 Å². The van der Waals surface area contributed by atoms with Crippen LogP contribution in [0.25, 0.3) is 10.9 Å². The number of benzene rings is 2. The van der Waals surface area contributed by atoms with Gasteiger partial charge in [0.15, 0.2) is 0 Å². The standard InChI is InChI=1S/C27H31N3O5/c1-17-15-21(35-20-9-7-18(8-10-20)27(33)34)11-12-22(17)25(31)28-13-14-29-26(32)24-16-19-5-3-4-6-23(19)30(24)2/h3-6,11-12,15-16,18,20H,7-10,13-14H2,1-2H3,(H,28,31)(H,29,32)(H,33,34). The Morgan fingerprint density at radius 3 is 2.31 bits per heavy atom. The van der Waals surface area contributed by atoms with Gasteiger partial charge in [-0.2, -0.15) is 0 Å². The molecule has 1 aromatic heterocycles. The van der Waals surface area contributed by atoms with Gasteiger partial charge in [0.25, 0.3) is 11.8 Å². The monoisotopic (exact) mass is 477 g/mol. The fourth-order valence-corrected chi connectivity index (χ4v) is 4.63. The number of hydrogen-bond acceptors (Lipinski definition) is 4. The molecule has 1 aliphatic carbocycles. The number of nitrogens with one attached hydrogen (secondary N) is 2. The maximum atomic E-state index is 12.6. The molecule has 0 saturated heterocycles. The number of aromatic nitrogens is 1. The smallest absolute Gasteiger partial charge is 0.306 e. The van der Waals surface area contributed by atoms with E-state index in [2.05, 4.69) is 10.6 Å². The second kappa shape index (κ2) is 10.6. The second-order valence-corrected chi connectivity index (χ2v) is 9.07. The lowest BCUT2D eigenvalue weighted by Crippen LogP contribution is -2.35. The summed E-state index contributed by atoms with van der Waals surface area (Å²) in [7, 11) is 1.86. The maximum Gasteiger partial charge on any atom is 0.306 e. The SMILES string of the molecule is Cc1cc(OC2CCC(C(=O)O)CC2)ccc1C(=O)NCCNC(=O)c1cc2ccccc2n1C. The van der Waals surface area contributed by atoms with Gasteiger partial charge in [0.05, 0.1) is 12.0 Å². The molecule has 3 aromatic rings. The Bertz CT molecular complexity index is 1240. The predicted molar refractivity (Wildman–Crippen MR) is 133 cm³/mol. The number of para-hydroxylation sites is 1. The van der Waals surface area contributed by atoms with E-state index in [1.165, 1.54) is 0 Å². The molecule has 4 rings (SSSR count). The zero-order valence-corrected chi connectivity index (χ0v) is 20.0. The average molecular weight is 478 g/mol. The van der Waals surface area contributed by atoms with E-state index in [1.807, 2.05) is 54.9 Å². The minimum absolute atomic E-state index is 0.00453. The summed E-state index contributed by atoms with van der Waals surface area (Å²) >= 11 is 0. The molecule has 0 spiro atoms. The van der Waals surface area contributed by atoms with E-state index < -0.39 is 5.97 Å². The first-order chi connectivity index (χ1) is 16.8. The lowest BCUT2D eigenvalue weighted by molar-refractivity contribution is -0.143. The summed E-state index contributed by atoms with van der Waals surface area (Å²) in [5, 5.41) is 15.8. The highest BCUT2D eigenvalue weighted by Gasteiger charge is 2.27. The Morgan fingerprint density at radius 2 is 1.66 bits per heavy atom. The number of carboxylic acids is 1. The molecule has 0 bridgehead atoms. The van der Waals surface area contributed by atoms with Gasteiger partial charge in [-0.15, -0.1) is 0 Å². The number of rotatable bonds is 8. The molecule has 8 heteroatoms. The Hall–Kier alpha value is -3.81. The van der Waals surface area contributed by atoms with Crippen LogP contribution in [-0.4, -0.2) is 46.7 Å². The molecule has 2 aromatic carbocycles. The van der Waals surface area contributed by atoms with Gasteiger partial charge in [-0.1, -0.05) is 18.2 Å². The van der Waals surface area contributed by atoms with Crippen LogP contribution in [0.2, 0.25) is 0 Å². The molecular weight excluding hydrogens is 446 g/mol. The van der Waals surface area contributed by atoms with Crippen molar-refractivity contribution < 1.29 is 24.2 Å². The third-order valence-electron chi connectivity index (χ3n) is 6.65. The summed E-state index contributed by atoms with van der Waals surface area (Å²) in [6.07, 6.45) is 2.66. The zero-order chi connectivity index (χ0) is 24.9. The number of hydrogen-bond donors (Lipinski definition) is 3. The van der Waals surface area contributed by atoms with Gasteiger partial charge in [0, 0.05) is 36.6 Å². The molecule has 1 heterocycles. The summed E-state index contributed by atoms with van der Waals surface area (Å²) in [4.78, 5) is 36.3. The molecule has 3 N–H and O–H groups in total. The van der Waals surface area contributed by atoms with Crippen LogP contribution in [0.4, 0.5) is 0 Å². The molecule has 1 saturated carbocycles. The molecule has 1 aliphatic rings. The Labute approximate surface area is 204 Å². The fourth-order valence-electron chi connectivity index (χ4n) is 4.63. The van der Waals surface area contributed by atoms with Crippen molar-refractivity contribution in [3.63, 3.8) is 0 Å². The number of fused-ring (bicyclic) bond motifs is 1. The summed E-state index contributed by atoms with van der Waals surface area (Å²) in [5.41, 5.74) is 2.90. The number of aryl methyl sites for hydroxylation is 2. The van der Waals surface area contributed by atoms with E-state index in [0.29, 0.717) is 55.8 Å². The lowest BCUT2D eigenvalue weighted by Gasteiger charge is -2.27. The molecule has 2 amide bonds. The van der Waals surface area contributed by atoms with Gasteiger partial charge in [-0.25, -0.2) is 0 Å². The largest absolute Gasteiger partial charge is 0.490 e. The minimum Gasteiger partial charge on any atom is -0.490 e. The van der Waals surface area contributed by atoms with Crippen molar-refractivity contribution in [3.05, 3.63) is 65.4 Å². The van der Waals surface area contributed by atoms with Crippen LogP contribution in [0.5, 0.6) is 5.75 Å². The molecule has 0 unspecified atom stereocenters. The molecule has 1 fully saturated rings. The van der Waals surface area contributed by atoms with Crippen LogP contribution in [0.15, 0.2) is 48.5 Å². The number of nitrogens with zero attached hydrogens (tertiary/aromatic N) is 1. The molecule has 184 valence electrons. The zero-order valence-electron chi connectivity index (χ0n) is 20.0. The van der Waals surface area contributed by atoms with Crippen molar-refractivity contribution in [2.24, 2.45) is 13.0 Å².